The molecule has 2 rings (SSSR count). The van der Waals surface area contributed by atoms with E-state index in [9.17, 15) is 0 Å². The zero-order valence-corrected chi connectivity index (χ0v) is 11.1. The molecule has 0 amide bonds. The molecule has 0 aliphatic carbocycles. The third kappa shape index (κ3) is 3.24. The number of methoxy groups -OCH3 is 1. The molecule has 4 nitrogen and oxygen atoms in total. The van der Waals surface area contributed by atoms with E-state index >= 15 is 0 Å². The van der Waals surface area contributed by atoms with Gasteiger partial charge in [-0.25, -0.2) is 0 Å². The van der Waals surface area contributed by atoms with Crippen molar-refractivity contribution in [1.29, 1.82) is 0 Å². The van der Waals surface area contributed by atoms with Crippen molar-refractivity contribution >= 4 is 11.6 Å². The molecule has 0 saturated carbocycles. The summed E-state index contributed by atoms with van der Waals surface area (Å²) in [6.07, 6.45) is 0. The first-order chi connectivity index (χ1) is 8.69. The van der Waals surface area contributed by atoms with Crippen LogP contribution in [0, 0.1) is 6.92 Å². The highest BCUT2D eigenvalue weighted by Gasteiger charge is 2.04. The van der Waals surface area contributed by atoms with Crippen molar-refractivity contribution in [3.63, 3.8) is 0 Å². The second kappa shape index (κ2) is 5.89. The Labute approximate surface area is 111 Å². The summed E-state index contributed by atoms with van der Waals surface area (Å²) in [4.78, 5) is 0. The van der Waals surface area contributed by atoms with Gasteiger partial charge in [0.1, 0.15) is 11.5 Å². The van der Waals surface area contributed by atoms with Crippen LogP contribution in [-0.2, 0) is 13.1 Å². The normalized spacial score (nSPS) is 10.6. The van der Waals surface area contributed by atoms with Crippen LogP contribution in [0.15, 0.2) is 28.8 Å². The quantitative estimate of drug-likeness (QED) is 0.904. The SMILES string of the molecule is COc1ccc(Cl)cc1CNCc1cc(C)on1. The number of nitrogens with zero attached hydrogens (tertiary/aromatic N) is 1. The summed E-state index contributed by atoms with van der Waals surface area (Å²) in [7, 11) is 1.65. The lowest BCUT2D eigenvalue weighted by atomic mass is 10.2. The lowest BCUT2D eigenvalue weighted by Gasteiger charge is -2.09. The monoisotopic (exact) mass is 266 g/mol. The maximum atomic E-state index is 5.96. The lowest BCUT2D eigenvalue weighted by molar-refractivity contribution is 0.387. The molecule has 1 aromatic heterocycles. The van der Waals surface area contributed by atoms with Crippen molar-refractivity contribution in [1.82, 2.24) is 10.5 Å². The van der Waals surface area contributed by atoms with E-state index in [-0.39, 0.29) is 0 Å². The summed E-state index contributed by atoms with van der Waals surface area (Å²) in [5.41, 5.74) is 1.90. The van der Waals surface area contributed by atoms with Crippen molar-refractivity contribution in [2.45, 2.75) is 20.0 Å². The first kappa shape index (κ1) is 12.9. The number of halogens is 1. The molecule has 0 aliphatic heterocycles. The van der Waals surface area contributed by atoms with Gasteiger partial charge in [-0.2, -0.15) is 0 Å². The van der Waals surface area contributed by atoms with E-state index < -0.39 is 0 Å². The highest BCUT2D eigenvalue weighted by molar-refractivity contribution is 6.30. The van der Waals surface area contributed by atoms with E-state index in [4.69, 9.17) is 20.9 Å². The summed E-state index contributed by atoms with van der Waals surface area (Å²) in [6, 6.07) is 7.47. The van der Waals surface area contributed by atoms with Gasteiger partial charge in [-0.1, -0.05) is 16.8 Å². The summed E-state index contributed by atoms with van der Waals surface area (Å²) in [5, 5.41) is 7.88. The molecule has 96 valence electrons. The van der Waals surface area contributed by atoms with Gasteiger partial charge >= 0.3 is 0 Å². The fourth-order valence-electron chi connectivity index (χ4n) is 1.71. The Balaban J connectivity index is 1.95. The van der Waals surface area contributed by atoms with Crippen LogP contribution in [0.1, 0.15) is 17.0 Å². The van der Waals surface area contributed by atoms with Crippen molar-refractivity contribution in [3.05, 3.63) is 46.3 Å². The largest absolute Gasteiger partial charge is 0.496 e. The van der Waals surface area contributed by atoms with E-state index in [1.54, 1.807) is 7.11 Å². The first-order valence-corrected chi connectivity index (χ1v) is 6.02. The smallest absolute Gasteiger partial charge is 0.133 e. The second-order valence-electron chi connectivity index (χ2n) is 3.99. The number of aromatic nitrogens is 1. The fraction of sp³-hybridized carbons (Fsp3) is 0.308. The molecular weight excluding hydrogens is 252 g/mol. The van der Waals surface area contributed by atoms with Crippen LogP contribution in [0.5, 0.6) is 5.75 Å². The minimum Gasteiger partial charge on any atom is -0.496 e. The Morgan fingerprint density at radius 1 is 1.33 bits per heavy atom. The molecule has 2 aromatic rings. The number of nitrogens with one attached hydrogen (secondary N) is 1. The lowest BCUT2D eigenvalue weighted by Crippen LogP contribution is -2.13. The predicted octanol–water partition coefficient (Wildman–Crippen LogP) is 2.93. The van der Waals surface area contributed by atoms with Crippen LogP contribution in [0.4, 0.5) is 0 Å². The molecule has 0 bridgehead atoms. The third-order valence-electron chi connectivity index (χ3n) is 2.54. The standard InChI is InChI=1S/C13H15ClN2O2/c1-9-5-12(16-18-9)8-15-7-10-6-11(14)3-4-13(10)17-2/h3-6,15H,7-8H2,1-2H3. The molecule has 0 aliphatic rings. The van der Waals surface area contributed by atoms with E-state index in [0.717, 1.165) is 22.8 Å². The highest BCUT2D eigenvalue weighted by atomic mass is 35.5. The molecule has 1 N–H and O–H groups in total. The summed E-state index contributed by atoms with van der Waals surface area (Å²) in [5.74, 6) is 1.63. The predicted molar refractivity (Wildman–Crippen MR) is 69.8 cm³/mol. The first-order valence-electron chi connectivity index (χ1n) is 5.64. The Morgan fingerprint density at radius 3 is 2.83 bits per heavy atom. The van der Waals surface area contributed by atoms with Crippen LogP contribution in [0.25, 0.3) is 0 Å². The van der Waals surface area contributed by atoms with E-state index in [1.165, 1.54) is 0 Å². The third-order valence-corrected chi connectivity index (χ3v) is 2.78. The molecule has 1 heterocycles. The molecule has 1 aromatic carbocycles. The molecule has 0 unspecified atom stereocenters. The molecule has 0 fully saturated rings. The molecule has 5 heteroatoms. The summed E-state index contributed by atoms with van der Waals surface area (Å²) in [6.45, 7) is 3.18. The van der Waals surface area contributed by atoms with Crippen molar-refractivity contribution in [2.75, 3.05) is 7.11 Å². The maximum absolute atomic E-state index is 5.96. The van der Waals surface area contributed by atoms with Gasteiger partial charge in [-0.15, -0.1) is 0 Å². The number of ether oxygens (including phenoxy) is 1. The Kier molecular flexibility index (Phi) is 4.23. The second-order valence-corrected chi connectivity index (χ2v) is 4.43. The minimum atomic E-state index is 0.646. The number of hydrogen-bond acceptors (Lipinski definition) is 4. The summed E-state index contributed by atoms with van der Waals surface area (Å²) < 4.78 is 10.3. The van der Waals surface area contributed by atoms with Crippen LogP contribution in [0.3, 0.4) is 0 Å². The van der Waals surface area contributed by atoms with E-state index in [2.05, 4.69) is 10.5 Å². The van der Waals surface area contributed by atoms with Crippen LogP contribution in [-0.4, -0.2) is 12.3 Å². The Hall–Kier alpha value is -1.52. The molecule has 0 spiro atoms. The van der Waals surface area contributed by atoms with E-state index in [0.29, 0.717) is 18.1 Å². The van der Waals surface area contributed by atoms with Gasteiger partial charge in [0, 0.05) is 29.7 Å². The van der Waals surface area contributed by atoms with Gasteiger partial charge < -0.3 is 14.6 Å². The number of rotatable bonds is 5. The van der Waals surface area contributed by atoms with Gasteiger partial charge in [-0.3, -0.25) is 0 Å². The highest BCUT2D eigenvalue weighted by Crippen LogP contribution is 2.22. The fourth-order valence-corrected chi connectivity index (χ4v) is 1.91. The van der Waals surface area contributed by atoms with Crippen LogP contribution >= 0.6 is 11.6 Å². The molecule has 0 radical (unpaired) electrons. The van der Waals surface area contributed by atoms with Gasteiger partial charge in [0.2, 0.25) is 0 Å². The number of aryl methyl sites for hydroxylation is 1. The average Bonchev–Trinajstić information content (AvgIpc) is 2.75. The number of benzene rings is 1. The topological polar surface area (TPSA) is 47.3 Å². The maximum Gasteiger partial charge on any atom is 0.133 e. The Bertz CT molecular complexity index is 525. The molecule has 0 saturated heterocycles. The van der Waals surface area contributed by atoms with Gasteiger partial charge in [0.25, 0.3) is 0 Å². The van der Waals surface area contributed by atoms with Crippen molar-refractivity contribution in [2.24, 2.45) is 0 Å². The van der Waals surface area contributed by atoms with E-state index in [1.807, 2.05) is 31.2 Å². The molecular formula is C13H15ClN2O2. The van der Waals surface area contributed by atoms with Crippen LogP contribution < -0.4 is 10.1 Å². The van der Waals surface area contributed by atoms with Crippen molar-refractivity contribution in [3.8, 4) is 5.75 Å². The minimum absolute atomic E-state index is 0.646. The zero-order valence-electron chi connectivity index (χ0n) is 10.4. The average molecular weight is 267 g/mol. The van der Waals surface area contributed by atoms with Gasteiger partial charge in [0.15, 0.2) is 0 Å². The summed E-state index contributed by atoms with van der Waals surface area (Å²) >= 11 is 5.96. The molecule has 18 heavy (non-hydrogen) atoms. The van der Waals surface area contributed by atoms with Gasteiger partial charge in [0.05, 0.1) is 12.8 Å². The zero-order chi connectivity index (χ0) is 13.0. The van der Waals surface area contributed by atoms with Crippen LogP contribution in [0.2, 0.25) is 5.02 Å². The van der Waals surface area contributed by atoms with Crippen molar-refractivity contribution < 1.29 is 9.26 Å². The molecule has 0 atom stereocenters. The van der Waals surface area contributed by atoms with Gasteiger partial charge in [-0.05, 0) is 25.1 Å². The Morgan fingerprint density at radius 2 is 2.17 bits per heavy atom. The number of hydrogen-bond donors (Lipinski definition) is 1.